The lowest BCUT2D eigenvalue weighted by Gasteiger charge is -2.34. The Kier molecular flexibility index (Phi) is 7.86. The first-order valence-corrected chi connectivity index (χ1v) is 12.3. The summed E-state index contributed by atoms with van der Waals surface area (Å²) in [6, 6.07) is 5.19. The number of likely N-dealkylation sites (tertiary alicyclic amines) is 1. The zero-order valence-electron chi connectivity index (χ0n) is 20.1. The number of carboxylic acid groups (broad SMARTS) is 1. The molecule has 2 aliphatic rings. The quantitative estimate of drug-likeness (QED) is 0.472. The lowest BCUT2D eigenvalue weighted by atomic mass is 10.0. The molecule has 2 aromatic rings. The maximum absolute atomic E-state index is 13.8. The number of carbonyl (C=O) groups is 2. The van der Waals surface area contributed by atoms with Crippen LogP contribution < -0.4 is 5.32 Å². The van der Waals surface area contributed by atoms with Gasteiger partial charge in [-0.2, -0.15) is 18.3 Å². The van der Waals surface area contributed by atoms with Crippen molar-refractivity contribution in [1.29, 1.82) is 0 Å². The molecule has 4 rings (SSSR count). The van der Waals surface area contributed by atoms with Crippen LogP contribution in [0.1, 0.15) is 67.0 Å². The number of amides is 1. The molecule has 202 valence electrons. The number of aliphatic carboxylic acids is 1. The van der Waals surface area contributed by atoms with Crippen LogP contribution in [0.3, 0.4) is 0 Å². The van der Waals surface area contributed by atoms with Crippen molar-refractivity contribution < 1.29 is 36.6 Å². The minimum absolute atomic E-state index is 0.0965. The number of benzene rings is 1. The van der Waals surface area contributed by atoms with Gasteiger partial charge in [0.1, 0.15) is 0 Å². The van der Waals surface area contributed by atoms with Crippen molar-refractivity contribution in [3.8, 4) is 11.3 Å². The smallest absolute Gasteiger partial charge is 0.417 e. The highest BCUT2D eigenvalue weighted by atomic mass is 19.4. The van der Waals surface area contributed by atoms with Crippen molar-refractivity contribution in [3.05, 3.63) is 41.6 Å². The van der Waals surface area contributed by atoms with E-state index in [1.807, 2.05) is 0 Å². The maximum Gasteiger partial charge on any atom is 0.417 e. The Morgan fingerprint density at radius 2 is 1.86 bits per heavy atom. The third kappa shape index (κ3) is 6.65. The van der Waals surface area contributed by atoms with Gasteiger partial charge in [0.2, 0.25) is 0 Å². The Bertz CT molecular complexity index is 1130. The second-order valence-corrected chi connectivity index (χ2v) is 9.80. The summed E-state index contributed by atoms with van der Waals surface area (Å²) in [5, 5.41) is 16.2. The number of piperidine rings is 1. The molecule has 1 aromatic heterocycles. The highest BCUT2D eigenvalue weighted by molar-refractivity contribution is 5.94. The predicted molar refractivity (Wildman–Crippen MR) is 124 cm³/mol. The fraction of sp³-hybridized carbons (Fsp3) is 0.560. The first kappa shape index (κ1) is 27.0. The van der Waals surface area contributed by atoms with Crippen LogP contribution in [0.25, 0.3) is 11.3 Å². The Hall–Kier alpha value is -3.02. The van der Waals surface area contributed by atoms with E-state index in [4.69, 9.17) is 0 Å². The van der Waals surface area contributed by atoms with Crippen LogP contribution >= 0.6 is 0 Å². The number of hydrogen-bond donors (Lipinski definition) is 2. The standard InChI is InChI=1S/C25H29F5N4O3/c26-24(27)10-5-11-33(15-24)14-16(12-22(35)36)31-23(37)20-13-21(34(32-20)17-6-1-2-7-17)18-8-3-4-9-19(18)25(28,29)30/h3-4,8-9,13,16-17H,1-2,5-7,10-12,14-15H2,(H,31,37)(H,35,36). The van der Waals surface area contributed by atoms with Crippen LogP contribution in [0.15, 0.2) is 30.3 Å². The SMILES string of the molecule is O=C(O)CC(CN1CCCC(F)(F)C1)NC(=O)c1cc(-c2ccccc2C(F)(F)F)n(C2CCCC2)n1. The zero-order chi connectivity index (χ0) is 26.8. The van der Waals surface area contributed by atoms with Gasteiger partial charge in [0.15, 0.2) is 5.69 Å². The van der Waals surface area contributed by atoms with Crippen LogP contribution in [0.5, 0.6) is 0 Å². The Morgan fingerprint density at radius 1 is 1.16 bits per heavy atom. The van der Waals surface area contributed by atoms with Crippen molar-refractivity contribution in [2.45, 2.75) is 69.1 Å². The predicted octanol–water partition coefficient (Wildman–Crippen LogP) is 4.99. The minimum Gasteiger partial charge on any atom is -0.481 e. The molecule has 1 unspecified atom stereocenters. The van der Waals surface area contributed by atoms with E-state index in [1.165, 1.54) is 33.8 Å². The normalized spacial score (nSPS) is 19.6. The molecule has 12 heteroatoms. The van der Waals surface area contributed by atoms with Crippen LogP contribution in [-0.4, -0.2) is 63.3 Å². The average molecular weight is 529 g/mol. The number of rotatable bonds is 8. The summed E-state index contributed by atoms with van der Waals surface area (Å²) in [5.41, 5.74) is -0.962. The average Bonchev–Trinajstić information content (AvgIpc) is 3.47. The van der Waals surface area contributed by atoms with Gasteiger partial charge in [-0.3, -0.25) is 19.2 Å². The highest BCUT2D eigenvalue weighted by Gasteiger charge is 2.37. The molecule has 7 nitrogen and oxygen atoms in total. The third-order valence-electron chi connectivity index (χ3n) is 6.85. The van der Waals surface area contributed by atoms with Gasteiger partial charge < -0.3 is 10.4 Å². The van der Waals surface area contributed by atoms with Gasteiger partial charge in [0.05, 0.1) is 36.3 Å². The van der Waals surface area contributed by atoms with Gasteiger partial charge in [-0.05, 0) is 37.9 Å². The van der Waals surface area contributed by atoms with Crippen LogP contribution in [0, 0.1) is 0 Å². The molecule has 0 spiro atoms. The number of alkyl halides is 5. The molecule has 1 amide bonds. The number of aromatic nitrogens is 2. The van der Waals surface area contributed by atoms with E-state index in [-0.39, 0.29) is 42.4 Å². The lowest BCUT2D eigenvalue weighted by molar-refractivity contribution is -0.138. The van der Waals surface area contributed by atoms with Crippen molar-refractivity contribution in [3.63, 3.8) is 0 Å². The number of halogens is 5. The number of carbonyl (C=O) groups excluding carboxylic acids is 1. The van der Waals surface area contributed by atoms with Crippen molar-refractivity contribution in [1.82, 2.24) is 20.0 Å². The molecule has 2 N–H and O–H groups in total. The van der Waals surface area contributed by atoms with Crippen LogP contribution in [0.2, 0.25) is 0 Å². The molecule has 0 bridgehead atoms. The van der Waals surface area contributed by atoms with Gasteiger partial charge in [0.25, 0.3) is 11.8 Å². The summed E-state index contributed by atoms with van der Waals surface area (Å²) in [7, 11) is 0. The summed E-state index contributed by atoms with van der Waals surface area (Å²) in [4.78, 5) is 25.9. The van der Waals surface area contributed by atoms with Crippen molar-refractivity contribution in [2.75, 3.05) is 19.6 Å². The monoisotopic (exact) mass is 528 g/mol. The van der Waals surface area contributed by atoms with Gasteiger partial charge in [-0.15, -0.1) is 0 Å². The molecular formula is C25H29F5N4O3. The van der Waals surface area contributed by atoms with E-state index < -0.39 is 48.5 Å². The fourth-order valence-corrected chi connectivity index (χ4v) is 5.23. The molecule has 2 fully saturated rings. The summed E-state index contributed by atoms with van der Waals surface area (Å²) in [6.45, 7) is -0.287. The molecule has 1 aliphatic carbocycles. The Labute approximate surface area is 210 Å². The van der Waals surface area contributed by atoms with E-state index in [0.717, 1.165) is 18.9 Å². The van der Waals surface area contributed by atoms with Gasteiger partial charge in [-0.1, -0.05) is 31.0 Å². The molecule has 1 saturated heterocycles. The summed E-state index contributed by atoms with van der Waals surface area (Å²) in [5.74, 6) is -4.88. The van der Waals surface area contributed by atoms with E-state index in [0.29, 0.717) is 19.4 Å². The first-order valence-electron chi connectivity index (χ1n) is 12.3. The number of nitrogens with one attached hydrogen (secondary N) is 1. The summed E-state index contributed by atoms with van der Waals surface area (Å²) in [6.07, 6.45) is -1.95. The van der Waals surface area contributed by atoms with Gasteiger partial charge in [0, 0.05) is 18.5 Å². The number of carboxylic acids is 1. The molecule has 1 saturated carbocycles. The van der Waals surface area contributed by atoms with E-state index >= 15 is 0 Å². The second kappa shape index (κ2) is 10.8. The minimum atomic E-state index is -4.62. The van der Waals surface area contributed by atoms with Crippen molar-refractivity contribution >= 4 is 11.9 Å². The van der Waals surface area contributed by atoms with E-state index in [9.17, 15) is 36.6 Å². The Morgan fingerprint density at radius 3 is 2.51 bits per heavy atom. The molecule has 1 aliphatic heterocycles. The maximum atomic E-state index is 13.8. The van der Waals surface area contributed by atoms with E-state index in [2.05, 4.69) is 10.4 Å². The molecular weight excluding hydrogens is 499 g/mol. The van der Waals surface area contributed by atoms with Crippen molar-refractivity contribution in [2.24, 2.45) is 0 Å². The molecule has 0 radical (unpaired) electrons. The zero-order valence-corrected chi connectivity index (χ0v) is 20.1. The molecule has 37 heavy (non-hydrogen) atoms. The highest BCUT2D eigenvalue weighted by Crippen LogP contribution is 2.40. The topological polar surface area (TPSA) is 87.5 Å². The number of hydrogen-bond acceptors (Lipinski definition) is 4. The lowest BCUT2D eigenvalue weighted by Crippen LogP contribution is -2.50. The summed E-state index contributed by atoms with van der Waals surface area (Å²) < 4.78 is 70.4. The van der Waals surface area contributed by atoms with Crippen LogP contribution in [0.4, 0.5) is 22.0 Å². The Balaban J connectivity index is 1.62. The largest absolute Gasteiger partial charge is 0.481 e. The summed E-state index contributed by atoms with van der Waals surface area (Å²) >= 11 is 0. The second-order valence-electron chi connectivity index (χ2n) is 9.80. The van der Waals surface area contributed by atoms with Gasteiger partial charge in [-0.25, -0.2) is 8.78 Å². The fourth-order valence-electron chi connectivity index (χ4n) is 5.23. The number of nitrogens with zero attached hydrogens (tertiary/aromatic N) is 3. The van der Waals surface area contributed by atoms with Gasteiger partial charge >= 0.3 is 12.1 Å². The third-order valence-corrected chi connectivity index (χ3v) is 6.85. The molecule has 1 atom stereocenters. The van der Waals surface area contributed by atoms with Crippen LogP contribution in [-0.2, 0) is 11.0 Å². The first-order chi connectivity index (χ1) is 17.4. The molecule has 2 heterocycles. The van der Waals surface area contributed by atoms with E-state index in [1.54, 1.807) is 0 Å². The molecule has 1 aromatic carbocycles.